The Labute approximate surface area is 174 Å². The quantitative estimate of drug-likeness (QED) is 0.744. The molecule has 1 atom stereocenters. The van der Waals surface area contributed by atoms with Crippen molar-refractivity contribution >= 4 is 17.7 Å². The summed E-state index contributed by atoms with van der Waals surface area (Å²) in [5, 5.41) is 2.80. The van der Waals surface area contributed by atoms with Crippen molar-refractivity contribution in [1.29, 1.82) is 0 Å². The van der Waals surface area contributed by atoms with Crippen LogP contribution in [0.4, 0.5) is 8.78 Å². The Bertz CT molecular complexity index is 825. The Morgan fingerprint density at radius 3 is 2.47 bits per heavy atom. The number of alkyl halides is 2. The first kappa shape index (κ1) is 20.7. The number of nitrogens with one attached hydrogen (secondary N) is 1. The second kappa shape index (κ2) is 7.94. The number of hydrogen-bond donors (Lipinski definition) is 1. The summed E-state index contributed by atoms with van der Waals surface area (Å²) < 4.78 is 28.4. The van der Waals surface area contributed by atoms with Gasteiger partial charge in [0.25, 0.3) is 11.8 Å². The molecular weight excluding hydrogens is 394 g/mol. The predicted octanol–water partition coefficient (Wildman–Crippen LogP) is 0.958. The number of rotatable bonds is 6. The summed E-state index contributed by atoms with van der Waals surface area (Å²) in [6.45, 7) is -0.0446. The van der Waals surface area contributed by atoms with Crippen LogP contribution in [0, 0.1) is 0 Å². The molecule has 0 aromatic heterocycles. The summed E-state index contributed by atoms with van der Waals surface area (Å²) in [6.07, 6.45) is 1.31. The molecule has 2 heterocycles. The third-order valence-electron chi connectivity index (χ3n) is 5.93. The van der Waals surface area contributed by atoms with Gasteiger partial charge in [0.15, 0.2) is 0 Å². The maximum atomic E-state index is 14.2. The fourth-order valence-electron chi connectivity index (χ4n) is 4.10. The van der Waals surface area contributed by atoms with E-state index in [1.54, 1.807) is 29.2 Å². The van der Waals surface area contributed by atoms with E-state index >= 15 is 0 Å². The molecule has 3 aliphatic rings. The minimum Gasteiger partial charge on any atom is -0.352 e. The SMILES string of the molecule is CN(CC(=O)NC1CC1)C(=O)[C@@H]1CC(F)(F)CN1C1CN(C(=O)c2ccccc2)C1. The Balaban J connectivity index is 1.36. The highest BCUT2D eigenvalue weighted by Crippen LogP contribution is 2.36. The van der Waals surface area contributed by atoms with Crippen LogP contribution in [0.2, 0.25) is 0 Å². The summed E-state index contributed by atoms with van der Waals surface area (Å²) >= 11 is 0. The van der Waals surface area contributed by atoms with Crippen LogP contribution in [0.5, 0.6) is 0 Å². The molecule has 3 fully saturated rings. The van der Waals surface area contributed by atoms with Gasteiger partial charge < -0.3 is 15.1 Å². The first-order chi connectivity index (χ1) is 14.2. The fourth-order valence-corrected chi connectivity index (χ4v) is 4.10. The highest BCUT2D eigenvalue weighted by atomic mass is 19.3. The van der Waals surface area contributed by atoms with Gasteiger partial charge in [0.2, 0.25) is 11.8 Å². The van der Waals surface area contributed by atoms with Crippen LogP contribution in [0.25, 0.3) is 0 Å². The number of carbonyl (C=O) groups is 3. The molecule has 1 saturated carbocycles. The molecule has 0 radical (unpaired) electrons. The molecule has 1 aromatic rings. The number of carbonyl (C=O) groups excluding carboxylic acids is 3. The van der Waals surface area contributed by atoms with Gasteiger partial charge in [-0.25, -0.2) is 8.78 Å². The minimum atomic E-state index is -2.97. The predicted molar refractivity (Wildman–Crippen MR) is 105 cm³/mol. The van der Waals surface area contributed by atoms with Crippen molar-refractivity contribution in [2.45, 2.75) is 43.3 Å². The number of hydrogen-bond acceptors (Lipinski definition) is 4. The minimum absolute atomic E-state index is 0.144. The lowest BCUT2D eigenvalue weighted by atomic mass is 10.0. The van der Waals surface area contributed by atoms with Gasteiger partial charge in [0, 0.05) is 44.2 Å². The molecule has 30 heavy (non-hydrogen) atoms. The van der Waals surface area contributed by atoms with E-state index in [-0.39, 0.29) is 30.4 Å². The third-order valence-corrected chi connectivity index (χ3v) is 5.93. The van der Waals surface area contributed by atoms with Crippen molar-refractivity contribution in [1.82, 2.24) is 20.0 Å². The summed E-state index contributed by atoms with van der Waals surface area (Å²) in [7, 11) is 1.47. The summed E-state index contributed by atoms with van der Waals surface area (Å²) in [5.41, 5.74) is 0.553. The lowest BCUT2D eigenvalue weighted by Crippen LogP contribution is -2.63. The van der Waals surface area contributed by atoms with Gasteiger partial charge >= 0.3 is 0 Å². The molecule has 162 valence electrons. The van der Waals surface area contributed by atoms with Crippen LogP contribution >= 0.6 is 0 Å². The van der Waals surface area contributed by atoms with E-state index in [4.69, 9.17) is 0 Å². The van der Waals surface area contributed by atoms with Gasteiger partial charge in [-0.2, -0.15) is 0 Å². The molecule has 9 heteroatoms. The van der Waals surface area contributed by atoms with Gasteiger partial charge in [0.1, 0.15) is 0 Å². The van der Waals surface area contributed by atoms with Gasteiger partial charge in [-0.15, -0.1) is 0 Å². The van der Waals surface area contributed by atoms with Crippen LogP contribution < -0.4 is 5.32 Å². The van der Waals surface area contributed by atoms with Crippen LogP contribution in [-0.4, -0.2) is 89.7 Å². The van der Waals surface area contributed by atoms with E-state index < -0.39 is 30.8 Å². The molecule has 0 spiro atoms. The Morgan fingerprint density at radius 2 is 1.83 bits per heavy atom. The lowest BCUT2D eigenvalue weighted by molar-refractivity contribution is -0.140. The van der Waals surface area contributed by atoms with Crippen molar-refractivity contribution in [3.8, 4) is 0 Å². The second-order valence-corrected chi connectivity index (χ2v) is 8.51. The molecule has 1 N–H and O–H groups in total. The lowest BCUT2D eigenvalue weighted by Gasteiger charge is -2.45. The van der Waals surface area contributed by atoms with Crippen LogP contribution in [0.1, 0.15) is 29.6 Å². The highest BCUT2D eigenvalue weighted by molar-refractivity contribution is 5.94. The molecule has 2 aliphatic heterocycles. The van der Waals surface area contributed by atoms with E-state index in [0.717, 1.165) is 12.8 Å². The largest absolute Gasteiger partial charge is 0.352 e. The van der Waals surface area contributed by atoms with Crippen LogP contribution in [0.15, 0.2) is 30.3 Å². The second-order valence-electron chi connectivity index (χ2n) is 8.51. The van der Waals surface area contributed by atoms with E-state index in [0.29, 0.717) is 18.7 Å². The smallest absolute Gasteiger partial charge is 0.262 e. The summed E-state index contributed by atoms with van der Waals surface area (Å²) in [5.74, 6) is -3.87. The van der Waals surface area contributed by atoms with Crippen molar-refractivity contribution in [3.63, 3.8) is 0 Å². The Kier molecular flexibility index (Phi) is 5.48. The first-order valence-electron chi connectivity index (χ1n) is 10.3. The van der Waals surface area contributed by atoms with Crippen molar-refractivity contribution in [2.75, 3.05) is 33.2 Å². The van der Waals surface area contributed by atoms with Gasteiger partial charge in [-0.05, 0) is 25.0 Å². The zero-order valence-corrected chi connectivity index (χ0v) is 16.9. The van der Waals surface area contributed by atoms with Crippen molar-refractivity contribution < 1.29 is 23.2 Å². The third kappa shape index (κ3) is 4.45. The molecule has 1 aliphatic carbocycles. The van der Waals surface area contributed by atoms with E-state index in [1.165, 1.54) is 16.8 Å². The molecular formula is C21H26F2N4O3. The molecule has 4 rings (SSSR count). The number of benzene rings is 1. The van der Waals surface area contributed by atoms with Gasteiger partial charge in [-0.1, -0.05) is 18.2 Å². The van der Waals surface area contributed by atoms with Gasteiger partial charge in [-0.3, -0.25) is 19.3 Å². The topological polar surface area (TPSA) is 73.0 Å². The van der Waals surface area contributed by atoms with Crippen molar-refractivity contribution in [3.05, 3.63) is 35.9 Å². The highest BCUT2D eigenvalue weighted by Gasteiger charge is 2.53. The zero-order valence-electron chi connectivity index (χ0n) is 16.9. The standard InChI is InChI=1S/C21H26F2N4O3/c1-25(12-18(28)24-15-7-8-15)20(30)17-9-21(22,23)13-27(17)16-10-26(11-16)19(29)14-5-3-2-4-6-14/h2-6,15-17H,7-13H2,1H3,(H,24,28)/t17-/m0/s1. The number of likely N-dealkylation sites (N-methyl/N-ethyl adjacent to an activating group) is 1. The Morgan fingerprint density at radius 1 is 1.17 bits per heavy atom. The fraction of sp³-hybridized carbons (Fsp3) is 0.571. The number of halogens is 2. The van der Waals surface area contributed by atoms with E-state index in [2.05, 4.69) is 5.32 Å². The molecule has 2 saturated heterocycles. The van der Waals surface area contributed by atoms with Gasteiger partial charge in [0.05, 0.1) is 19.1 Å². The average Bonchev–Trinajstić information content (AvgIpc) is 3.41. The maximum Gasteiger partial charge on any atom is 0.262 e. The van der Waals surface area contributed by atoms with E-state index in [9.17, 15) is 23.2 Å². The van der Waals surface area contributed by atoms with E-state index in [1.807, 2.05) is 6.07 Å². The van der Waals surface area contributed by atoms with Crippen molar-refractivity contribution in [2.24, 2.45) is 0 Å². The van der Waals surface area contributed by atoms with Crippen LogP contribution in [0.3, 0.4) is 0 Å². The Hall–Kier alpha value is -2.55. The molecule has 0 unspecified atom stereocenters. The first-order valence-corrected chi connectivity index (χ1v) is 10.3. The summed E-state index contributed by atoms with van der Waals surface area (Å²) in [6, 6.07) is 7.69. The normalized spacial score (nSPS) is 23.7. The number of nitrogens with zero attached hydrogens (tertiary/aromatic N) is 3. The molecule has 1 aromatic carbocycles. The molecule has 3 amide bonds. The van der Waals surface area contributed by atoms with Crippen LogP contribution in [-0.2, 0) is 9.59 Å². The zero-order chi connectivity index (χ0) is 21.5. The number of amides is 3. The molecule has 0 bridgehead atoms. The number of likely N-dealkylation sites (tertiary alicyclic amines) is 2. The maximum absolute atomic E-state index is 14.2. The monoisotopic (exact) mass is 420 g/mol. The molecule has 7 nitrogen and oxygen atoms in total. The summed E-state index contributed by atoms with van der Waals surface area (Å²) in [4.78, 5) is 41.7. The average molecular weight is 420 g/mol.